The zero-order valence-corrected chi connectivity index (χ0v) is 16.4. The Hall–Kier alpha value is -2.26. The number of fused-ring (bicyclic) bond motifs is 1. The summed E-state index contributed by atoms with van der Waals surface area (Å²) >= 11 is 2.18. The molecule has 0 saturated carbocycles. The monoisotopic (exact) mass is 477 g/mol. The molecule has 0 unspecified atom stereocenters. The lowest BCUT2D eigenvalue weighted by molar-refractivity contribution is -0.0297. The first-order valence-electron chi connectivity index (χ1n) is 8.29. The summed E-state index contributed by atoms with van der Waals surface area (Å²) in [6, 6.07) is 9.14. The van der Waals surface area contributed by atoms with E-state index in [1.807, 2.05) is 6.20 Å². The zero-order valence-electron chi connectivity index (χ0n) is 14.2. The van der Waals surface area contributed by atoms with E-state index in [9.17, 15) is 10.2 Å². The summed E-state index contributed by atoms with van der Waals surface area (Å²) in [5.41, 5.74) is 1.96. The van der Waals surface area contributed by atoms with Crippen molar-refractivity contribution in [1.29, 1.82) is 5.26 Å². The molecule has 1 fully saturated rings. The largest absolute Gasteiger partial charge is 0.388 e. The van der Waals surface area contributed by atoms with Crippen molar-refractivity contribution in [3.63, 3.8) is 0 Å². The van der Waals surface area contributed by atoms with E-state index in [1.54, 1.807) is 35.8 Å². The van der Waals surface area contributed by atoms with Crippen molar-refractivity contribution in [3.8, 4) is 6.07 Å². The highest BCUT2D eigenvalue weighted by Crippen LogP contribution is 2.36. The Morgan fingerprint density at radius 1 is 1.22 bits per heavy atom. The van der Waals surface area contributed by atoms with Gasteiger partial charge in [-0.1, -0.05) is 0 Å². The van der Waals surface area contributed by atoms with Crippen molar-refractivity contribution in [2.45, 2.75) is 31.5 Å². The molecule has 1 saturated heterocycles. The first-order valence-corrected chi connectivity index (χ1v) is 9.37. The van der Waals surface area contributed by atoms with Crippen LogP contribution in [0.1, 0.15) is 18.7 Å². The van der Waals surface area contributed by atoms with E-state index in [4.69, 9.17) is 10.00 Å². The van der Waals surface area contributed by atoms with Crippen molar-refractivity contribution in [3.05, 3.63) is 45.9 Å². The second-order valence-electron chi connectivity index (χ2n) is 6.33. The molecule has 9 heteroatoms. The van der Waals surface area contributed by atoms with Gasteiger partial charge in [-0.2, -0.15) is 5.26 Å². The predicted molar refractivity (Wildman–Crippen MR) is 106 cm³/mol. The van der Waals surface area contributed by atoms with E-state index in [0.29, 0.717) is 17.0 Å². The van der Waals surface area contributed by atoms with Gasteiger partial charge in [0.15, 0.2) is 6.23 Å². The number of ether oxygens (including phenoxy) is 1. The highest BCUT2D eigenvalue weighted by molar-refractivity contribution is 14.1. The van der Waals surface area contributed by atoms with Gasteiger partial charge in [-0.15, -0.1) is 0 Å². The van der Waals surface area contributed by atoms with Gasteiger partial charge in [-0.3, -0.25) is 0 Å². The number of nitrogens with zero attached hydrogens (tertiary/aromatic N) is 4. The van der Waals surface area contributed by atoms with Crippen molar-refractivity contribution in [2.24, 2.45) is 0 Å². The van der Waals surface area contributed by atoms with Crippen LogP contribution >= 0.6 is 22.6 Å². The Morgan fingerprint density at radius 2 is 1.96 bits per heavy atom. The van der Waals surface area contributed by atoms with Crippen molar-refractivity contribution >= 4 is 45.1 Å². The maximum atomic E-state index is 10.3. The minimum absolute atomic E-state index is 0.474. The van der Waals surface area contributed by atoms with E-state index in [0.717, 1.165) is 14.6 Å². The van der Waals surface area contributed by atoms with Gasteiger partial charge in [0.1, 0.15) is 30.0 Å². The Kier molecular flexibility index (Phi) is 4.73. The molecule has 4 rings (SSSR count). The number of hydrogen-bond donors (Lipinski definition) is 3. The summed E-state index contributed by atoms with van der Waals surface area (Å²) in [6.07, 6.45) is 0.0567. The lowest BCUT2D eigenvalue weighted by Crippen LogP contribution is -2.30. The number of aliphatic hydroxyl groups excluding tert-OH is 2. The predicted octanol–water partition coefficient (Wildman–Crippen LogP) is 2.29. The lowest BCUT2D eigenvalue weighted by atomic mass is 10.1. The smallest absolute Gasteiger partial charge is 0.164 e. The standard InChI is InChI=1S/C18H16IN5O3/c1-9-14(25)15(26)18(27-9)24-7-12(19)13-16(21-8-22-17(13)24)23-11-4-2-10(6-20)3-5-11/h2-5,7-9,14-15,18,25-26H,1H3,(H,21,22,23)/t9-,14-,15-,18-/m1/s1. The quantitative estimate of drug-likeness (QED) is 0.496. The Bertz CT molecular complexity index is 1030. The van der Waals surface area contributed by atoms with Crippen LogP contribution in [0.25, 0.3) is 11.0 Å². The number of nitrogens with one attached hydrogen (secondary N) is 1. The minimum Gasteiger partial charge on any atom is -0.388 e. The van der Waals surface area contributed by atoms with Gasteiger partial charge in [-0.25, -0.2) is 9.97 Å². The third-order valence-corrected chi connectivity index (χ3v) is 5.41. The Morgan fingerprint density at radius 3 is 2.59 bits per heavy atom. The molecule has 3 aromatic rings. The fourth-order valence-corrected chi connectivity index (χ4v) is 3.95. The molecule has 2 aromatic heterocycles. The highest BCUT2D eigenvalue weighted by Gasteiger charge is 2.42. The Balaban J connectivity index is 1.74. The van der Waals surface area contributed by atoms with E-state index in [-0.39, 0.29) is 0 Å². The third-order valence-electron chi connectivity index (χ3n) is 4.59. The SMILES string of the molecule is C[C@H]1O[C@@H](n2cc(I)c3c(Nc4ccc(C#N)cc4)ncnc32)[C@H](O)[C@@H]1O. The summed E-state index contributed by atoms with van der Waals surface area (Å²) in [7, 11) is 0. The van der Waals surface area contributed by atoms with E-state index in [2.05, 4.69) is 43.9 Å². The first kappa shape index (κ1) is 18.1. The molecule has 0 amide bonds. The molecule has 1 aliphatic heterocycles. The number of anilines is 2. The molecule has 1 aromatic carbocycles. The Labute approximate surface area is 168 Å². The van der Waals surface area contributed by atoms with Crippen LogP contribution in [-0.2, 0) is 4.74 Å². The number of aliphatic hydroxyl groups is 2. The fourth-order valence-electron chi connectivity index (χ4n) is 3.15. The molecule has 3 heterocycles. The second kappa shape index (κ2) is 7.05. The van der Waals surface area contributed by atoms with Gasteiger partial charge in [0.2, 0.25) is 0 Å². The molecule has 8 nitrogen and oxygen atoms in total. The maximum absolute atomic E-state index is 10.3. The lowest BCUT2D eigenvalue weighted by Gasteiger charge is -2.17. The average molecular weight is 477 g/mol. The normalized spacial score (nSPS) is 24.9. The van der Waals surface area contributed by atoms with Crippen molar-refractivity contribution in [2.75, 3.05) is 5.32 Å². The summed E-state index contributed by atoms with van der Waals surface area (Å²) in [6.45, 7) is 1.72. The number of rotatable bonds is 3. The van der Waals surface area contributed by atoms with Crippen molar-refractivity contribution < 1.29 is 14.9 Å². The average Bonchev–Trinajstić information content (AvgIpc) is 3.14. The summed E-state index contributed by atoms with van der Waals surface area (Å²) in [5.74, 6) is 0.606. The summed E-state index contributed by atoms with van der Waals surface area (Å²) < 4.78 is 8.33. The van der Waals surface area contributed by atoms with Crippen LogP contribution in [0.2, 0.25) is 0 Å². The van der Waals surface area contributed by atoms with E-state index in [1.165, 1.54) is 6.33 Å². The van der Waals surface area contributed by atoms with Gasteiger partial charge >= 0.3 is 0 Å². The van der Waals surface area contributed by atoms with Crippen LogP contribution in [0.3, 0.4) is 0 Å². The molecule has 0 radical (unpaired) electrons. The van der Waals surface area contributed by atoms with Gasteiger partial charge < -0.3 is 24.8 Å². The minimum atomic E-state index is -1.05. The van der Waals surface area contributed by atoms with E-state index < -0.39 is 24.5 Å². The van der Waals surface area contributed by atoms with Crippen LogP contribution in [0, 0.1) is 14.9 Å². The number of halogens is 1. The second-order valence-corrected chi connectivity index (χ2v) is 7.49. The molecular formula is C18H16IN5O3. The maximum Gasteiger partial charge on any atom is 0.164 e. The highest BCUT2D eigenvalue weighted by atomic mass is 127. The third kappa shape index (κ3) is 3.14. The van der Waals surface area contributed by atoms with Crippen LogP contribution in [0.4, 0.5) is 11.5 Å². The summed E-state index contributed by atoms with van der Waals surface area (Å²) in [5, 5.41) is 33.3. The van der Waals surface area contributed by atoms with Gasteiger partial charge in [0, 0.05) is 15.5 Å². The molecule has 4 atom stereocenters. The molecule has 0 spiro atoms. The zero-order chi connectivity index (χ0) is 19.1. The number of hydrogen-bond acceptors (Lipinski definition) is 7. The fraction of sp³-hybridized carbons (Fsp3) is 0.278. The molecule has 27 heavy (non-hydrogen) atoms. The number of nitriles is 1. The van der Waals surface area contributed by atoms with Gasteiger partial charge in [0.05, 0.1) is 23.1 Å². The molecule has 0 bridgehead atoms. The molecule has 3 N–H and O–H groups in total. The van der Waals surface area contributed by atoms with Crippen LogP contribution in [0.15, 0.2) is 36.8 Å². The topological polar surface area (TPSA) is 116 Å². The van der Waals surface area contributed by atoms with E-state index >= 15 is 0 Å². The molecule has 1 aliphatic rings. The number of benzene rings is 1. The molecule has 0 aliphatic carbocycles. The van der Waals surface area contributed by atoms with Crippen molar-refractivity contribution in [1.82, 2.24) is 14.5 Å². The van der Waals surface area contributed by atoms with Gasteiger partial charge in [0.25, 0.3) is 0 Å². The summed E-state index contributed by atoms with van der Waals surface area (Å²) in [4.78, 5) is 8.69. The van der Waals surface area contributed by atoms with Gasteiger partial charge in [-0.05, 0) is 53.8 Å². The number of aromatic nitrogens is 3. The van der Waals surface area contributed by atoms with Crippen LogP contribution in [-0.4, -0.2) is 43.1 Å². The van der Waals surface area contributed by atoms with Crippen LogP contribution < -0.4 is 5.32 Å². The first-order chi connectivity index (χ1) is 13.0. The van der Waals surface area contributed by atoms with Crippen LogP contribution in [0.5, 0.6) is 0 Å². The molecule has 138 valence electrons. The molecular weight excluding hydrogens is 461 g/mol.